The molecule has 0 radical (unpaired) electrons. The van der Waals surface area contributed by atoms with E-state index in [9.17, 15) is 43.2 Å². The number of rotatable bonds is 16. The van der Waals surface area contributed by atoms with Crippen LogP contribution in [-0.4, -0.2) is 70.9 Å². The first-order chi connectivity index (χ1) is 43.1. The van der Waals surface area contributed by atoms with Gasteiger partial charge in [0.2, 0.25) is 0 Å². The fraction of sp³-hybridized carbons (Fsp3) is 0.423. The van der Waals surface area contributed by atoms with Crippen LogP contribution in [-0.2, 0) is 57.2 Å². The molecule has 7 atom stereocenters. The summed E-state index contributed by atoms with van der Waals surface area (Å²) in [5, 5.41) is 2.00. The first kappa shape index (κ1) is 69.9. The lowest BCUT2D eigenvalue weighted by Crippen LogP contribution is -2.47. The Morgan fingerprint density at radius 2 is 0.772 bits per heavy atom. The van der Waals surface area contributed by atoms with Crippen molar-refractivity contribution < 1.29 is 84.7 Å². The third-order valence-corrected chi connectivity index (χ3v) is 15.5. The molecule has 0 saturated heterocycles. The van der Waals surface area contributed by atoms with Gasteiger partial charge in [-0.1, -0.05) is 51.0 Å². The number of carbonyl (C=O) groups excluding carboxylic acids is 6. The van der Waals surface area contributed by atoms with Crippen LogP contribution in [0.2, 0.25) is 0 Å². The molecule has 3 aromatic carbocycles. The van der Waals surface area contributed by atoms with E-state index in [1.807, 2.05) is 6.92 Å². The van der Waals surface area contributed by atoms with E-state index in [2.05, 4.69) is 0 Å². The fourth-order valence-corrected chi connectivity index (χ4v) is 10.1. The summed E-state index contributed by atoms with van der Waals surface area (Å²) in [4.78, 5) is 110. The van der Waals surface area contributed by atoms with Gasteiger partial charge in [0.25, 0.3) is 0 Å². The van der Waals surface area contributed by atoms with Crippen molar-refractivity contribution in [2.45, 2.75) is 184 Å². The molecule has 1 unspecified atom stereocenters. The summed E-state index contributed by atoms with van der Waals surface area (Å²) >= 11 is 0. The van der Waals surface area contributed by atoms with Gasteiger partial charge in [-0.25, -0.2) is 33.6 Å². The SMILES string of the molecule is C/C=C(/C)C(=O)OC(C)(C)[C@H]1Oc2ccc3ccc(=O)oc3c2[C@H]1OC(=O)C(C)C.C/C=C(/C)C(=O)OC(C)(C)[C@H]1Oc2ccc3ccc(=O)oc3c2[C@H]1OC(=O)C(C)CC.CC(C)=CC(=O)O[C@@H]1c2c(ccc3ccc(=O)oc23)O[C@@H]1C(C)(C)OC(=O)C=C(C)C. The third-order valence-electron chi connectivity index (χ3n) is 15.5. The Bertz CT molecular complexity index is 4150. The van der Waals surface area contributed by atoms with Gasteiger partial charge in [0.1, 0.15) is 50.8 Å². The van der Waals surface area contributed by atoms with Crippen LogP contribution in [0.4, 0.5) is 0 Å². The number of hydrogen-bond acceptors (Lipinski definition) is 21. The summed E-state index contributed by atoms with van der Waals surface area (Å²) in [6.45, 7) is 31.2. The second kappa shape index (κ2) is 28.3. The van der Waals surface area contributed by atoms with Gasteiger partial charge in [0.15, 0.2) is 36.6 Å². The maximum absolute atomic E-state index is 12.7. The molecule has 21 heteroatoms. The summed E-state index contributed by atoms with van der Waals surface area (Å²) in [6, 6.07) is 19.3. The van der Waals surface area contributed by atoms with Crippen LogP contribution < -0.4 is 31.1 Å². The van der Waals surface area contributed by atoms with Crippen molar-refractivity contribution in [2.24, 2.45) is 11.8 Å². The van der Waals surface area contributed by atoms with Crippen LogP contribution in [0.25, 0.3) is 32.9 Å². The lowest BCUT2D eigenvalue weighted by molar-refractivity contribution is -0.177. The lowest BCUT2D eigenvalue weighted by atomic mass is 9.92. The number of ether oxygens (including phenoxy) is 9. The number of benzene rings is 3. The highest BCUT2D eigenvalue weighted by molar-refractivity contribution is 5.90. The molecule has 0 amide bonds. The van der Waals surface area contributed by atoms with Gasteiger partial charge in [-0.05, 0) is 158 Å². The molecule has 9 rings (SSSR count). The zero-order valence-electron chi connectivity index (χ0n) is 55.1. The zero-order chi connectivity index (χ0) is 68.1. The molecule has 3 aromatic heterocycles. The molecule has 6 aromatic rings. The molecule has 0 N–H and O–H groups in total. The van der Waals surface area contributed by atoms with E-state index in [-0.39, 0.29) is 23.0 Å². The van der Waals surface area contributed by atoms with Gasteiger partial charge in [-0.2, -0.15) is 0 Å². The molecule has 0 fully saturated rings. The average molecular weight is 1270 g/mol. The van der Waals surface area contributed by atoms with Gasteiger partial charge in [0, 0.05) is 57.7 Å². The van der Waals surface area contributed by atoms with Gasteiger partial charge in [0.05, 0.1) is 28.5 Å². The first-order valence-corrected chi connectivity index (χ1v) is 30.2. The van der Waals surface area contributed by atoms with Gasteiger partial charge < -0.3 is 55.9 Å². The van der Waals surface area contributed by atoms with Crippen LogP contribution in [0.15, 0.2) is 147 Å². The van der Waals surface area contributed by atoms with Crippen LogP contribution in [0.1, 0.15) is 166 Å². The highest BCUT2D eigenvalue weighted by Crippen LogP contribution is 2.50. The molecule has 3 aliphatic heterocycles. The van der Waals surface area contributed by atoms with Crippen LogP contribution in [0, 0.1) is 11.8 Å². The van der Waals surface area contributed by atoms with E-state index in [1.54, 1.807) is 184 Å². The second-order valence-electron chi connectivity index (χ2n) is 25.0. The lowest BCUT2D eigenvalue weighted by Gasteiger charge is -2.34. The van der Waals surface area contributed by atoms with Gasteiger partial charge >= 0.3 is 52.7 Å². The van der Waals surface area contributed by atoms with Crippen LogP contribution in [0.5, 0.6) is 17.2 Å². The summed E-state index contributed by atoms with van der Waals surface area (Å²) in [5.41, 5.74) is -0.395. The van der Waals surface area contributed by atoms with E-state index in [0.29, 0.717) is 73.2 Å². The Kier molecular flexibility index (Phi) is 21.5. The van der Waals surface area contributed by atoms with Gasteiger partial charge in [-0.15, -0.1) is 0 Å². The van der Waals surface area contributed by atoms with E-state index >= 15 is 0 Å². The largest absolute Gasteiger partial charge is 0.481 e. The number of carbonyl (C=O) groups is 6. The second-order valence-corrected chi connectivity index (χ2v) is 25.0. The predicted molar refractivity (Wildman–Crippen MR) is 340 cm³/mol. The molecule has 0 saturated carbocycles. The molecule has 92 heavy (non-hydrogen) atoms. The number of hydrogen-bond donors (Lipinski definition) is 0. The fourth-order valence-electron chi connectivity index (χ4n) is 10.1. The van der Waals surface area contributed by atoms with Crippen molar-refractivity contribution in [1.82, 2.24) is 0 Å². The number of esters is 6. The predicted octanol–water partition coefficient (Wildman–Crippen LogP) is 12.9. The molecule has 0 bridgehead atoms. The molecule has 490 valence electrons. The molecular formula is C71H80O21. The zero-order valence-corrected chi connectivity index (χ0v) is 55.1. The minimum atomic E-state index is -1.17. The smallest absolute Gasteiger partial charge is 0.336 e. The molecule has 6 heterocycles. The summed E-state index contributed by atoms with van der Waals surface area (Å²) in [7, 11) is 0. The van der Waals surface area contributed by atoms with E-state index in [4.69, 9.17) is 55.9 Å². The standard InChI is InChI=1S/C24H26O7.C24H28O7.C23H26O7/c1-13(2)11-18(26)30-22-20-16(9-7-15-8-10-17(25)29-21(15)20)28-23(22)24(5,6)31-19(27)12-14(3)4;1-7-13(3)22(26)30-20-18-16(11-9-15-10-12-17(25)29-19(15)18)28-21(20)24(5,6)31-23(27)14(4)8-2;1-7-13(4)22(26)30-23(5,6)20-19(29-21(25)12(2)3)17-15(27-20)10-8-14-9-11-16(24)28-18(14)17/h7-12,22-23H,1-6H3;8-13,20-21H,7H2,1-6H3;7-12,19-20H,1-6H3/b;14-8-;13-7-/t22-,23+;13?,20-,21+;19-,20+/m111/s1. The monoisotopic (exact) mass is 1270 g/mol. The van der Waals surface area contributed by atoms with Crippen molar-refractivity contribution in [3.8, 4) is 17.2 Å². The highest BCUT2D eigenvalue weighted by Gasteiger charge is 2.53. The van der Waals surface area contributed by atoms with Crippen molar-refractivity contribution in [3.63, 3.8) is 0 Å². The van der Waals surface area contributed by atoms with Crippen LogP contribution in [0.3, 0.4) is 0 Å². The topological polar surface area (TPSA) is 276 Å². The highest BCUT2D eigenvalue weighted by atomic mass is 16.6. The van der Waals surface area contributed by atoms with Crippen molar-refractivity contribution in [2.75, 3.05) is 0 Å². The minimum absolute atomic E-state index is 0.272. The quantitative estimate of drug-likeness (QED) is 0.0377. The molecule has 3 aliphatic rings. The molecule has 21 nitrogen and oxygen atoms in total. The Morgan fingerprint density at radius 1 is 0.457 bits per heavy atom. The van der Waals surface area contributed by atoms with E-state index in [1.165, 1.54) is 30.4 Å². The van der Waals surface area contributed by atoms with Crippen molar-refractivity contribution in [3.05, 3.63) is 167 Å². The third kappa shape index (κ3) is 15.8. The number of allylic oxidation sites excluding steroid dienone is 4. The summed E-state index contributed by atoms with van der Waals surface area (Å²) in [6.07, 6.45) is 1.34. The van der Waals surface area contributed by atoms with Crippen molar-refractivity contribution >= 4 is 68.7 Å². The Labute approximate surface area is 532 Å². The Morgan fingerprint density at radius 3 is 1.10 bits per heavy atom. The Hall–Kier alpha value is -9.53. The van der Waals surface area contributed by atoms with E-state index in [0.717, 1.165) is 11.1 Å². The number of fused-ring (bicyclic) bond motifs is 9. The molecule has 0 aliphatic carbocycles. The normalized spacial score (nSPS) is 18.6. The minimum Gasteiger partial charge on any atom is -0.481 e. The van der Waals surface area contributed by atoms with E-state index < -0.39 is 106 Å². The van der Waals surface area contributed by atoms with Crippen molar-refractivity contribution in [1.29, 1.82) is 0 Å². The maximum Gasteiger partial charge on any atom is 0.336 e. The molecular weight excluding hydrogens is 1190 g/mol. The molecule has 0 spiro atoms. The summed E-state index contributed by atoms with van der Waals surface area (Å²) in [5.74, 6) is -2.43. The first-order valence-electron chi connectivity index (χ1n) is 30.2. The summed E-state index contributed by atoms with van der Waals surface area (Å²) < 4.78 is 69.1. The Balaban J connectivity index is 0.000000196. The maximum atomic E-state index is 12.7. The van der Waals surface area contributed by atoms with Gasteiger partial charge in [-0.3, -0.25) is 9.59 Å². The van der Waals surface area contributed by atoms with Crippen LogP contribution >= 0.6 is 0 Å². The average Bonchev–Trinajstić information content (AvgIpc) is 1.60.